The van der Waals surface area contributed by atoms with Crippen molar-refractivity contribution in [3.05, 3.63) is 29.3 Å². The Kier molecular flexibility index (Phi) is 13.0. The van der Waals surface area contributed by atoms with E-state index in [1.54, 1.807) is 7.11 Å². The Bertz CT molecular complexity index is 426. The Morgan fingerprint density at radius 2 is 1.17 bits per heavy atom. The Hall–Kier alpha value is -0.980. The average Bonchev–Trinajstić information content (AvgIpc) is 2.69. The number of benzene rings is 1. The maximum absolute atomic E-state index is 5.63. The van der Waals surface area contributed by atoms with Gasteiger partial charge in [0, 0.05) is 5.56 Å². The molecule has 0 bridgehead atoms. The van der Waals surface area contributed by atoms with E-state index in [0.717, 1.165) is 18.6 Å². The molecule has 0 saturated heterocycles. The number of methoxy groups -OCH3 is 1. The van der Waals surface area contributed by atoms with Crippen LogP contribution >= 0.6 is 0 Å². The van der Waals surface area contributed by atoms with Crippen molar-refractivity contribution in [3.8, 4) is 5.75 Å². The first-order valence-electron chi connectivity index (χ1n) is 10.1. The molecule has 0 saturated carbocycles. The molecule has 0 spiro atoms. The van der Waals surface area contributed by atoms with Crippen LogP contribution in [0.15, 0.2) is 18.2 Å². The van der Waals surface area contributed by atoms with Crippen LogP contribution in [0.4, 0.5) is 0 Å². The van der Waals surface area contributed by atoms with Crippen LogP contribution in [-0.4, -0.2) is 7.11 Å². The smallest absolute Gasteiger partial charge is 0.122 e. The van der Waals surface area contributed by atoms with Gasteiger partial charge in [0.2, 0.25) is 0 Å². The van der Waals surface area contributed by atoms with E-state index in [-0.39, 0.29) is 10.8 Å². The highest BCUT2D eigenvalue weighted by molar-refractivity contribution is 5.44. The molecular formula is C23H44O. The maximum atomic E-state index is 5.63. The van der Waals surface area contributed by atoms with Crippen LogP contribution in [0.5, 0.6) is 5.75 Å². The van der Waals surface area contributed by atoms with Gasteiger partial charge in [0.25, 0.3) is 0 Å². The number of ether oxygens (including phenoxy) is 1. The lowest BCUT2D eigenvalue weighted by atomic mass is 9.72. The molecule has 0 N–H and O–H groups in total. The van der Waals surface area contributed by atoms with Crippen molar-refractivity contribution in [2.45, 2.75) is 106 Å². The lowest BCUT2D eigenvalue weighted by Crippen LogP contribution is -2.24. The van der Waals surface area contributed by atoms with Crippen LogP contribution in [-0.2, 0) is 10.8 Å². The highest BCUT2D eigenvalue weighted by Gasteiger charge is 2.29. The first kappa shape index (κ1) is 25.3. The molecule has 0 aliphatic rings. The third-order valence-electron chi connectivity index (χ3n) is 5.67. The van der Waals surface area contributed by atoms with E-state index in [0.29, 0.717) is 0 Å². The van der Waals surface area contributed by atoms with E-state index in [4.69, 9.17) is 4.74 Å². The van der Waals surface area contributed by atoms with Crippen LogP contribution in [0, 0.1) is 0 Å². The minimum Gasteiger partial charge on any atom is -0.496 e. The second-order valence-corrected chi connectivity index (χ2v) is 6.45. The zero-order chi connectivity index (χ0) is 19.4. The van der Waals surface area contributed by atoms with Gasteiger partial charge in [0.1, 0.15) is 5.75 Å². The summed E-state index contributed by atoms with van der Waals surface area (Å²) in [4.78, 5) is 0. The van der Waals surface area contributed by atoms with Gasteiger partial charge >= 0.3 is 0 Å². The number of hydrogen-bond acceptors (Lipinski definition) is 1. The topological polar surface area (TPSA) is 9.23 Å². The summed E-state index contributed by atoms with van der Waals surface area (Å²) in [6, 6.07) is 6.82. The maximum Gasteiger partial charge on any atom is 0.122 e. The molecule has 0 aliphatic heterocycles. The molecule has 1 nitrogen and oxygen atoms in total. The van der Waals surface area contributed by atoms with Gasteiger partial charge in [-0.1, -0.05) is 81.4 Å². The normalized spacial score (nSPS) is 11.0. The van der Waals surface area contributed by atoms with Gasteiger partial charge < -0.3 is 4.74 Å². The summed E-state index contributed by atoms with van der Waals surface area (Å²) in [5.74, 6) is 1.04. The number of rotatable bonds is 7. The van der Waals surface area contributed by atoms with E-state index in [1.165, 1.54) is 24.0 Å². The fourth-order valence-electron chi connectivity index (χ4n) is 2.84. The second-order valence-electron chi connectivity index (χ2n) is 6.45. The Morgan fingerprint density at radius 1 is 0.750 bits per heavy atom. The lowest BCUT2D eigenvalue weighted by molar-refractivity contribution is 0.370. The number of hydrogen-bond donors (Lipinski definition) is 0. The third-order valence-corrected chi connectivity index (χ3v) is 5.67. The van der Waals surface area contributed by atoms with Gasteiger partial charge in [-0.25, -0.2) is 0 Å². The Labute approximate surface area is 153 Å². The minimum absolute atomic E-state index is 0.198. The van der Waals surface area contributed by atoms with Crippen LogP contribution < -0.4 is 4.74 Å². The predicted octanol–water partition coefficient (Wildman–Crippen LogP) is 7.90. The summed E-state index contributed by atoms with van der Waals surface area (Å²) in [5.41, 5.74) is 3.29. The molecule has 0 unspecified atom stereocenters. The lowest BCUT2D eigenvalue weighted by Gasteiger charge is -2.33. The molecule has 1 heteroatoms. The van der Waals surface area contributed by atoms with Gasteiger partial charge in [-0.05, 0) is 48.1 Å². The first-order valence-corrected chi connectivity index (χ1v) is 10.1. The van der Waals surface area contributed by atoms with E-state index in [1.807, 2.05) is 27.7 Å². The molecule has 1 aromatic carbocycles. The standard InChI is InChI=1S/C19H32O.2C2H6/c1-8-18(5,9-2)15-12-13-17(20-7)16(14-15)19(6,10-3)11-4;2*1-2/h12-14H,8-11H2,1-7H3;2*1-2H3. The van der Waals surface area contributed by atoms with Crippen LogP contribution in [0.25, 0.3) is 0 Å². The summed E-state index contributed by atoms with van der Waals surface area (Å²) in [6.07, 6.45) is 4.62. The van der Waals surface area contributed by atoms with Crippen LogP contribution in [0.3, 0.4) is 0 Å². The fraction of sp³-hybridized carbons (Fsp3) is 0.739. The average molecular weight is 337 g/mol. The summed E-state index contributed by atoms with van der Waals surface area (Å²) >= 11 is 0. The summed E-state index contributed by atoms with van der Waals surface area (Å²) in [7, 11) is 1.78. The van der Waals surface area contributed by atoms with E-state index < -0.39 is 0 Å². The van der Waals surface area contributed by atoms with Crippen molar-refractivity contribution in [2.24, 2.45) is 0 Å². The van der Waals surface area contributed by atoms with Crippen molar-refractivity contribution < 1.29 is 4.74 Å². The second kappa shape index (κ2) is 12.4. The van der Waals surface area contributed by atoms with Crippen molar-refractivity contribution in [1.29, 1.82) is 0 Å². The molecule has 1 rings (SSSR count). The minimum atomic E-state index is 0.198. The van der Waals surface area contributed by atoms with Crippen LogP contribution in [0.2, 0.25) is 0 Å². The molecule has 0 aliphatic carbocycles. The van der Waals surface area contributed by atoms with Crippen molar-refractivity contribution in [1.82, 2.24) is 0 Å². The summed E-state index contributed by atoms with van der Waals surface area (Å²) < 4.78 is 5.63. The molecule has 0 heterocycles. The van der Waals surface area contributed by atoms with Gasteiger partial charge in [0.15, 0.2) is 0 Å². The largest absolute Gasteiger partial charge is 0.496 e. The van der Waals surface area contributed by atoms with Crippen molar-refractivity contribution in [2.75, 3.05) is 7.11 Å². The molecule has 0 aromatic heterocycles. The van der Waals surface area contributed by atoms with Crippen molar-refractivity contribution >= 4 is 0 Å². The van der Waals surface area contributed by atoms with Gasteiger partial charge in [-0.3, -0.25) is 0 Å². The third kappa shape index (κ3) is 5.83. The zero-order valence-electron chi connectivity index (χ0n) is 18.5. The summed E-state index contributed by atoms with van der Waals surface area (Å²) in [6.45, 7) is 21.8. The van der Waals surface area contributed by atoms with Gasteiger partial charge in [-0.15, -0.1) is 0 Å². The molecule has 1 aromatic rings. The zero-order valence-corrected chi connectivity index (χ0v) is 18.5. The Balaban J connectivity index is 0. The van der Waals surface area contributed by atoms with E-state index in [2.05, 4.69) is 59.7 Å². The van der Waals surface area contributed by atoms with Gasteiger partial charge in [0.05, 0.1) is 7.11 Å². The molecule has 0 fully saturated rings. The Morgan fingerprint density at radius 3 is 1.50 bits per heavy atom. The predicted molar refractivity (Wildman–Crippen MR) is 112 cm³/mol. The molecule has 0 radical (unpaired) electrons. The first-order chi connectivity index (χ1) is 11.4. The highest BCUT2D eigenvalue weighted by atomic mass is 16.5. The molecule has 0 amide bonds. The van der Waals surface area contributed by atoms with E-state index >= 15 is 0 Å². The highest BCUT2D eigenvalue weighted by Crippen LogP contribution is 2.41. The van der Waals surface area contributed by atoms with Crippen molar-refractivity contribution in [3.63, 3.8) is 0 Å². The molecular weight excluding hydrogens is 292 g/mol. The molecule has 142 valence electrons. The fourth-order valence-corrected chi connectivity index (χ4v) is 2.84. The summed E-state index contributed by atoms with van der Waals surface area (Å²) in [5, 5.41) is 0. The molecule has 0 atom stereocenters. The molecule has 24 heavy (non-hydrogen) atoms. The quantitative estimate of drug-likeness (QED) is 0.491. The van der Waals surface area contributed by atoms with E-state index in [9.17, 15) is 0 Å². The SMILES string of the molecule is CC.CC.CCC(C)(CC)c1ccc(OC)c(C(C)(CC)CC)c1. The monoisotopic (exact) mass is 336 g/mol. The van der Waals surface area contributed by atoms with Crippen LogP contribution in [0.1, 0.15) is 106 Å². The van der Waals surface area contributed by atoms with Gasteiger partial charge in [-0.2, -0.15) is 0 Å².